The predicted molar refractivity (Wildman–Crippen MR) is 595 cm³/mol. The van der Waals surface area contributed by atoms with Gasteiger partial charge < -0.3 is 34.3 Å². The summed E-state index contributed by atoms with van der Waals surface area (Å²) in [7, 11) is -2.79. The molecule has 0 spiro atoms. The topological polar surface area (TPSA) is 22.7 Å². The van der Waals surface area contributed by atoms with Crippen molar-refractivity contribution in [1.82, 2.24) is 0 Å². The molecule has 0 N–H and O–H groups in total. The number of anilines is 21. The summed E-state index contributed by atoms with van der Waals surface area (Å²) in [5.41, 5.74) is 31.0. The Bertz CT molecular complexity index is 7300. The van der Waals surface area contributed by atoms with Crippen LogP contribution in [0.4, 0.5) is 119 Å². The summed E-state index contributed by atoms with van der Waals surface area (Å²) < 4.78 is 1.60. The van der Waals surface area contributed by atoms with Gasteiger partial charge in [-0.05, 0) is 267 Å². The minimum Gasteiger partial charge on any atom is -0.311 e. The summed E-state index contributed by atoms with van der Waals surface area (Å²) in [5, 5.41) is 8.76. The molecule has 0 fully saturated rings. The maximum Gasteiger partial charge on any atom is 0.252 e. The van der Waals surface area contributed by atoms with Crippen LogP contribution in [-0.2, 0) is 0 Å². The maximum absolute atomic E-state index is 7.23. The smallest absolute Gasteiger partial charge is 0.252 e. The van der Waals surface area contributed by atoms with Crippen molar-refractivity contribution in [1.29, 1.82) is 0 Å². The van der Waals surface area contributed by atoms with Gasteiger partial charge in [0.05, 0.1) is 27.1 Å². The van der Waals surface area contributed by atoms with Crippen LogP contribution in [0.3, 0.4) is 0 Å². The number of benzene rings is 20. The van der Waals surface area contributed by atoms with E-state index in [2.05, 4.69) is 467 Å². The highest BCUT2D eigenvalue weighted by molar-refractivity contribution is 9.11. The van der Waals surface area contributed by atoms with E-state index in [-0.39, 0.29) is 13.4 Å². The van der Waals surface area contributed by atoms with Crippen molar-refractivity contribution in [2.24, 2.45) is 0 Å². The second-order valence-corrected chi connectivity index (χ2v) is 41.4. The van der Waals surface area contributed by atoms with E-state index in [0.29, 0.717) is 20.1 Å². The molecule has 0 saturated heterocycles. The zero-order valence-corrected chi connectivity index (χ0v) is 81.7. The van der Waals surface area contributed by atoms with Crippen LogP contribution in [0.25, 0.3) is 0 Å². The van der Waals surface area contributed by atoms with Gasteiger partial charge >= 0.3 is 0 Å². The third-order valence-corrected chi connectivity index (χ3v) is 34.0. The SMILES string of the molecule is Clc1cc(Br)c(Cl)c(Br)c1.Clc1cc(N(c2ccccc2)c2ccccc2)c(Cl)c(N(c2ccccc2)c2ccccc2)c1.Clc1cc2c3c(c1)N(c1ccccc1)c1ccccc1B3c1ccccc1N2c1ccccc1.c1ccc(N2c3ccccc3B3c4ccccc4N(c4ccccc4)c4cc(N5c6ccccc6[Si](c6ccccc6)(c6ccccc6)c6ccccc65)cc2c43)cc1. The van der Waals surface area contributed by atoms with E-state index < -0.39 is 8.07 Å². The molecule has 7 nitrogen and oxygen atoms in total. The largest absolute Gasteiger partial charge is 0.311 e. The fraction of sp³-hybridized carbons (Fsp3) is 0. The standard InChI is InChI=1S/C54H38BN3Si.C30H20BClN2.C30H22Cl2N2.C6H2Br2Cl2/c1-5-21-39(22-6-1)56-46-31-15-13-29-44(46)55-45-30-14-16-32-47(45)57(40-23-7-2-8-24-40)51-38-41(37-50(56)54(51)55)58-48-33-17-19-35-52(48)59(42-25-9-3-10-26-42,43-27-11-4-12-28-43)53-36-20-18-34-49(53)58;32-21-19-28-30-29(20-21)34(23-13-5-2-6-14-23)27-18-10-8-16-25(27)31(30)24-15-7-9-17-26(24)33(28)22-11-3-1-4-12-22;31-23-21-28(33(24-13-5-1-6-14-24)25-15-7-2-8-16-25)30(32)29(22-23)34(26-17-9-3-10-18-26)27-19-11-4-12-20-27;7-4-1-3(9)2-5(8)6(4)10/h1-38H;1-20H;1-22H;1-2H. The lowest BCUT2D eigenvalue weighted by molar-refractivity contribution is 1.23. The second kappa shape index (κ2) is 38.5. The van der Waals surface area contributed by atoms with Crippen LogP contribution in [0, 0.1) is 0 Å². The van der Waals surface area contributed by atoms with Gasteiger partial charge in [0.2, 0.25) is 0 Å². The molecule has 0 amide bonds. The first-order valence-corrected chi connectivity index (χ1v) is 50.9. The van der Waals surface area contributed by atoms with Crippen LogP contribution in [0.2, 0.25) is 25.1 Å². The zero-order valence-electron chi connectivity index (χ0n) is 73.8. The Morgan fingerprint density at radius 1 is 0.204 bits per heavy atom. The van der Waals surface area contributed by atoms with E-state index in [9.17, 15) is 0 Å². The van der Waals surface area contributed by atoms with Crippen LogP contribution in [0.1, 0.15) is 0 Å². The highest BCUT2D eigenvalue weighted by Crippen LogP contribution is 2.53. The Morgan fingerprint density at radius 2 is 0.431 bits per heavy atom. The highest BCUT2D eigenvalue weighted by Gasteiger charge is 2.51. The Hall–Kier alpha value is -14.2. The molecule has 20 aromatic carbocycles. The monoisotopic (exact) mass is 2000 g/mol. The van der Waals surface area contributed by atoms with Gasteiger partial charge in [-0.15, -0.1) is 0 Å². The highest BCUT2D eigenvalue weighted by atomic mass is 79.9. The summed E-state index contributed by atoms with van der Waals surface area (Å²) in [4.78, 5) is 16.5. The number of halogens is 7. The van der Waals surface area contributed by atoms with Crippen molar-refractivity contribution in [3.05, 3.63) is 532 Å². The quantitative estimate of drug-likeness (QED) is 0.0644. The predicted octanol–water partition coefficient (Wildman–Crippen LogP) is 29.8. The first-order valence-electron chi connectivity index (χ1n) is 45.4. The van der Waals surface area contributed by atoms with E-state index in [1.54, 1.807) is 12.1 Å². The fourth-order valence-electron chi connectivity index (χ4n) is 20.6. The molecule has 17 heteroatoms. The van der Waals surface area contributed by atoms with Gasteiger partial charge in [-0.25, -0.2) is 0 Å². The number of hydrogen-bond donors (Lipinski definition) is 0. The summed E-state index contributed by atoms with van der Waals surface area (Å²) in [6.45, 7) is 0.188. The average molecular weight is 2010 g/mol. The molecular formula is C120H82B2Br2Cl5N7Si. The molecule has 0 radical (unpaired) electrons. The lowest BCUT2D eigenvalue weighted by Gasteiger charge is -2.47. The first-order chi connectivity index (χ1) is 67.5. The molecule has 0 aliphatic carbocycles. The summed E-state index contributed by atoms with van der Waals surface area (Å²) in [6.07, 6.45) is 0. The van der Waals surface area contributed by atoms with Gasteiger partial charge in [0.25, 0.3) is 13.4 Å². The molecule has 0 saturated carbocycles. The molecular weight excluding hydrogens is 1930 g/mol. The molecule has 20 aromatic rings. The van der Waals surface area contributed by atoms with Crippen LogP contribution in [-0.4, -0.2) is 21.5 Å². The van der Waals surface area contributed by atoms with E-state index in [1.165, 1.54) is 99.0 Å². The van der Waals surface area contributed by atoms with Crippen LogP contribution in [0.15, 0.2) is 506 Å². The molecule has 0 aromatic heterocycles. The average Bonchev–Trinajstić information content (AvgIpc) is 0.690. The van der Waals surface area contributed by atoms with Gasteiger partial charge in [-0.2, -0.15) is 0 Å². The molecule has 0 unspecified atom stereocenters. The lowest BCUT2D eigenvalue weighted by Crippen LogP contribution is -2.77. The third kappa shape index (κ3) is 16.3. The minimum absolute atomic E-state index is 0.0542. The zero-order chi connectivity index (χ0) is 92.6. The molecule has 5 heterocycles. The summed E-state index contributed by atoms with van der Waals surface area (Å²) in [5.74, 6) is 0. The molecule has 5 aliphatic rings. The molecule has 656 valence electrons. The van der Waals surface area contributed by atoms with Gasteiger partial charge in [0, 0.05) is 126 Å². The van der Waals surface area contributed by atoms with Gasteiger partial charge in [-0.1, -0.05) is 373 Å². The first kappa shape index (κ1) is 88.1. The Morgan fingerprint density at radius 3 is 0.730 bits per heavy atom. The molecule has 25 rings (SSSR count). The van der Waals surface area contributed by atoms with Crippen LogP contribution < -0.4 is 87.8 Å². The van der Waals surface area contributed by atoms with E-state index in [1.807, 2.05) is 84.9 Å². The Kier molecular flexibility index (Phi) is 24.7. The number of nitrogens with zero attached hydrogens (tertiary/aromatic N) is 7. The molecule has 5 aliphatic heterocycles. The Balaban J connectivity index is 0.000000119. The number of rotatable bonds is 13. The van der Waals surface area contributed by atoms with Crippen molar-refractivity contribution in [3.8, 4) is 0 Å². The van der Waals surface area contributed by atoms with Crippen molar-refractivity contribution >= 4 is 284 Å². The third-order valence-electron chi connectivity index (χ3n) is 26.0. The van der Waals surface area contributed by atoms with Crippen molar-refractivity contribution in [2.75, 3.05) is 34.3 Å². The normalized spacial score (nSPS) is 12.7. The fourth-order valence-corrected chi connectivity index (χ4v) is 28.1. The van der Waals surface area contributed by atoms with E-state index in [0.717, 1.165) is 87.9 Å². The van der Waals surface area contributed by atoms with Crippen LogP contribution in [0.5, 0.6) is 0 Å². The second-order valence-electron chi connectivity index (χ2n) is 33.8. The maximum atomic E-state index is 7.23. The van der Waals surface area contributed by atoms with E-state index in [4.69, 9.17) is 58.0 Å². The molecule has 137 heavy (non-hydrogen) atoms. The minimum atomic E-state index is -2.79. The number of hydrogen-bond acceptors (Lipinski definition) is 7. The van der Waals surface area contributed by atoms with Gasteiger partial charge in [0.15, 0.2) is 8.07 Å². The van der Waals surface area contributed by atoms with Crippen molar-refractivity contribution in [3.63, 3.8) is 0 Å². The Labute approximate surface area is 842 Å². The number of fused-ring (bicyclic) bond motifs is 10. The summed E-state index contributed by atoms with van der Waals surface area (Å²) >= 11 is 38.8. The molecule has 0 atom stereocenters. The van der Waals surface area contributed by atoms with Crippen molar-refractivity contribution in [2.45, 2.75) is 0 Å². The van der Waals surface area contributed by atoms with Gasteiger partial charge in [0.1, 0.15) is 0 Å². The lowest BCUT2D eigenvalue weighted by atomic mass is 9.33. The van der Waals surface area contributed by atoms with Gasteiger partial charge in [-0.3, -0.25) is 0 Å². The molecule has 0 bridgehead atoms. The van der Waals surface area contributed by atoms with Crippen molar-refractivity contribution < 1.29 is 0 Å². The summed E-state index contributed by atoms with van der Waals surface area (Å²) in [6, 6.07) is 177. The van der Waals surface area contributed by atoms with E-state index >= 15 is 0 Å². The van der Waals surface area contributed by atoms with Crippen LogP contribution >= 0.6 is 89.9 Å². The number of para-hydroxylation sites is 14.